The number of carbonyl (C=O) groups excluding carboxylic acids is 1. The summed E-state index contributed by atoms with van der Waals surface area (Å²) in [5.74, 6) is -1.35. The van der Waals surface area contributed by atoms with Gasteiger partial charge in [0.1, 0.15) is 0 Å². The Kier molecular flexibility index (Phi) is 5.41. The standard InChI is InChI=1S/C22H16F3N3OS/c23-22(24,25)21-26-17-10-8-15(13-18(17)27-21)20(14-5-2-1-3-6-14)28-19(29)11-9-16-7-4-12-30-16/h1-13,20H,(H,26,27)(H,28,29)/b11-9+. The summed E-state index contributed by atoms with van der Waals surface area (Å²) in [4.78, 5) is 19.4. The zero-order chi connectivity index (χ0) is 21.1. The van der Waals surface area contributed by atoms with Gasteiger partial charge in [-0.2, -0.15) is 13.2 Å². The zero-order valence-electron chi connectivity index (χ0n) is 15.5. The molecule has 4 aromatic rings. The van der Waals surface area contributed by atoms with Crippen molar-refractivity contribution in [1.82, 2.24) is 15.3 Å². The van der Waals surface area contributed by atoms with Crippen LogP contribution < -0.4 is 5.32 Å². The predicted octanol–water partition coefficient (Wildman–Crippen LogP) is 5.56. The number of aromatic nitrogens is 2. The van der Waals surface area contributed by atoms with Gasteiger partial charge in [-0.1, -0.05) is 42.5 Å². The molecule has 0 radical (unpaired) electrons. The fraction of sp³-hybridized carbons (Fsp3) is 0.0909. The maximum absolute atomic E-state index is 13.0. The van der Waals surface area contributed by atoms with Crippen LogP contribution in [-0.4, -0.2) is 15.9 Å². The lowest BCUT2D eigenvalue weighted by molar-refractivity contribution is -0.144. The summed E-state index contributed by atoms with van der Waals surface area (Å²) in [5.41, 5.74) is 1.92. The largest absolute Gasteiger partial charge is 0.449 e. The number of amides is 1. The topological polar surface area (TPSA) is 57.8 Å². The SMILES string of the molecule is O=C(/C=C/c1cccs1)NC(c1ccccc1)c1ccc2nc(C(F)(F)F)[nH]c2c1. The van der Waals surface area contributed by atoms with Crippen LogP contribution >= 0.6 is 11.3 Å². The Balaban J connectivity index is 1.66. The summed E-state index contributed by atoms with van der Waals surface area (Å²) in [6.07, 6.45) is -1.40. The molecule has 2 heterocycles. The number of hydrogen-bond acceptors (Lipinski definition) is 3. The molecule has 4 nitrogen and oxygen atoms in total. The van der Waals surface area contributed by atoms with Gasteiger partial charge in [0.25, 0.3) is 0 Å². The summed E-state index contributed by atoms with van der Waals surface area (Å²) in [6, 6.07) is 17.3. The third-order valence-corrected chi connectivity index (χ3v) is 5.31. The fourth-order valence-corrected chi connectivity index (χ4v) is 3.70. The number of fused-ring (bicyclic) bond motifs is 1. The number of rotatable bonds is 5. The second kappa shape index (κ2) is 8.16. The number of imidazole rings is 1. The molecule has 1 atom stereocenters. The van der Waals surface area contributed by atoms with Crippen molar-refractivity contribution in [2.45, 2.75) is 12.2 Å². The smallest absolute Gasteiger partial charge is 0.342 e. The van der Waals surface area contributed by atoms with E-state index < -0.39 is 18.0 Å². The fourth-order valence-electron chi connectivity index (χ4n) is 3.08. The van der Waals surface area contributed by atoms with Crippen LogP contribution in [0, 0.1) is 0 Å². The van der Waals surface area contributed by atoms with Crippen molar-refractivity contribution >= 4 is 34.4 Å². The van der Waals surface area contributed by atoms with Gasteiger partial charge in [-0.05, 0) is 40.8 Å². The summed E-state index contributed by atoms with van der Waals surface area (Å²) in [6.45, 7) is 0. The second-order valence-electron chi connectivity index (χ2n) is 6.56. The van der Waals surface area contributed by atoms with Crippen molar-refractivity contribution in [1.29, 1.82) is 0 Å². The normalized spacial score (nSPS) is 13.0. The Morgan fingerprint density at radius 3 is 2.57 bits per heavy atom. The van der Waals surface area contributed by atoms with Crippen LogP contribution in [0.3, 0.4) is 0 Å². The maximum atomic E-state index is 13.0. The van der Waals surface area contributed by atoms with E-state index in [1.807, 2.05) is 47.8 Å². The molecule has 152 valence electrons. The molecular formula is C22H16F3N3OS. The van der Waals surface area contributed by atoms with Crippen molar-refractivity contribution in [2.24, 2.45) is 0 Å². The summed E-state index contributed by atoms with van der Waals surface area (Å²) >= 11 is 1.51. The number of halogens is 3. The minimum Gasteiger partial charge on any atom is -0.342 e. The molecule has 1 unspecified atom stereocenters. The molecule has 2 aromatic heterocycles. The lowest BCUT2D eigenvalue weighted by atomic mass is 9.98. The van der Waals surface area contributed by atoms with E-state index in [2.05, 4.69) is 15.3 Å². The highest BCUT2D eigenvalue weighted by Gasteiger charge is 2.34. The van der Waals surface area contributed by atoms with Crippen molar-refractivity contribution in [3.63, 3.8) is 0 Å². The molecule has 2 aromatic carbocycles. The number of benzene rings is 2. The molecule has 0 aliphatic rings. The quantitative estimate of drug-likeness (QED) is 0.410. The van der Waals surface area contributed by atoms with Gasteiger partial charge in [0.15, 0.2) is 0 Å². The van der Waals surface area contributed by atoms with E-state index in [-0.39, 0.29) is 16.9 Å². The first-order valence-electron chi connectivity index (χ1n) is 9.04. The average Bonchev–Trinajstić information content (AvgIpc) is 3.40. The maximum Gasteiger partial charge on any atom is 0.449 e. The lowest BCUT2D eigenvalue weighted by Gasteiger charge is -2.19. The minimum absolute atomic E-state index is 0.210. The first kappa shape index (κ1) is 19.9. The van der Waals surface area contributed by atoms with E-state index in [9.17, 15) is 18.0 Å². The number of thiophene rings is 1. The zero-order valence-corrected chi connectivity index (χ0v) is 16.3. The van der Waals surface area contributed by atoms with Crippen LogP contribution in [0.15, 0.2) is 72.1 Å². The monoisotopic (exact) mass is 427 g/mol. The van der Waals surface area contributed by atoms with Gasteiger partial charge in [-0.3, -0.25) is 4.79 Å². The van der Waals surface area contributed by atoms with Gasteiger partial charge < -0.3 is 10.3 Å². The number of nitrogens with one attached hydrogen (secondary N) is 2. The van der Waals surface area contributed by atoms with Crippen molar-refractivity contribution in [3.05, 3.63) is 93.9 Å². The third-order valence-electron chi connectivity index (χ3n) is 4.47. The number of alkyl halides is 3. The highest BCUT2D eigenvalue weighted by molar-refractivity contribution is 7.10. The van der Waals surface area contributed by atoms with Crippen LogP contribution in [0.2, 0.25) is 0 Å². The Morgan fingerprint density at radius 2 is 1.87 bits per heavy atom. The summed E-state index contributed by atoms with van der Waals surface area (Å²) < 4.78 is 38.9. The highest BCUT2D eigenvalue weighted by atomic mass is 32.1. The molecule has 0 saturated carbocycles. The van der Waals surface area contributed by atoms with E-state index in [4.69, 9.17) is 0 Å². The summed E-state index contributed by atoms with van der Waals surface area (Å²) in [5, 5.41) is 4.85. The molecule has 1 amide bonds. The minimum atomic E-state index is -4.56. The van der Waals surface area contributed by atoms with Gasteiger partial charge in [0.05, 0.1) is 17.1 Å². The van der Waals surface area contributed by atoms with E-state index in [0.717, 1.165) is 10.4 Å². The molecule has 0 saturated heterocycles. The van der Waals surface area contributed by atoms with E-state index in [1.54, 1.807) is 18.2 Å². The number of aromatic amines is 1. The third kappa shape index (κ3) is 4.44. The highest BCUT2D eigenvalue weighted by Crippen LogP contribution is 2.30. The van der Waals surface area contributed by atoms with Crippen LogP contribution in [-0.2, 0) is 11.0 Å². The molecule has 0 aliphatic carbocycles. The first-order valence-corrected chi connectivity index (χ1v) is 9.92. The first-order chi connectivity index (χ1) is 14.4. The van der Waals surface area contributed by atoms with Gasteiger partial charge in [-0.25, -0.2) is 4.98 Å². The molecule has 0 bridgehead atoms. The van der Waals surface area contributed by atoms with Crippen LogP contribution in [0.4, 0.5) is 13.2 Å². The predicted molar refractivity (Wildman–Crippen MR) is 111 cm³/mol. The van der Waals surface area contributed by atoms with Crippen molar-refractivity contribution in [3.8, 4) is 0 Å². The Labute approximate surface area is 174 Å². The van der Waals surface area contributed by atoms with Gasteiger partial charge in [0, 0.05) is 11.0 Å². The second-order valence-corrected chi connectivity index (χ2v) is 7.54. The lowest BCUT2D eigenvalue weighted by Crippen LogP contribution is -2.27. The summed E-state index contributed by atoms with van der Waals surface area (Å²) in [7, 11) is 0. The molecule has 0 aliphatic heterocycles. The van der Waals surface area contributed by atoms with Crippen LogP contribution in [0.5, 0.6) is 0 Å². The van der Waals surface area contributed by atoms with Gasteiger partial charge >= 0.3 is 6.18 Å². The van der Waals surface area contributed by atoms with E-state index >= 15 is 0 Å². The molecule has 0 fully saturated rings. The van der Waals surface area contributed by atoms with Gasteiger partial charge in [0.2, 0.25) is 11.7 Å². The molecular weight excluding hydrogens is 411 g/mol. The van der Waals surface area contributed by atoms with Gasteiger partial charge in [-0.15, -0.1) is 11.3 Å². The van der Waals surface area contributed by atoms with Crippen molar-refractivity contribution in [2.75, 3.05) is 0 Å². The molecule has 0 spiro atoms. The van der Waals surface area contributed by atoms with Crippen molar-refractivity contribution < 1.29 is 18.0 Å². The Bertz CT molecular complexity index is 1180. The van der Waals surface area contributed by atoms with E-state index in [0.29, 0.717) is 5.56 Å². The number of hydrogen-bond donors (Lipinski definition) is 2. The Morgan fingerprint density at radius 1 is 1.07 bits per heavy atom. The molecule has 30 heavy (non-hydrogen) atoms. The number of carbonyl (C=O) groups is 1. The molecule has 2 N–H and O–H groups in total. The van der Waals surface area contributed by atoms with Crippen LogP contribution in [0.1, 0.15) is 27.9 Å². The number of nitrogens with zero attached hydrogens (tertiary/aromatic N) is 1. The molecule has 4 rings (SSSR count). The number of H-pyrrole nitrogens is 1. The van der Waals surface area contributed by atoms with Crippen LogP contribution in [0.25, 0.3) is 17.1 Å². The van der Waals surface area contributed by atoms with E-state index in [1.165, 1.54) is 23.5 Å². The average molecular weight is 427 g/mol. The Hall–Kier alpha value is -3.39. The molecule has 8 heteroatoms.